The Bertz CT molecular complexity index is 1780. The first-order valence-corrected chi connectivity index (χ1v) is 20.2. The summed E-state index contributed by atoms with van der Waals surface area (Å²) in [4.78, 5) is 31.7. The molecule has 9 nitrogen and oxygen atoms in total. The van der Waals surface area contributed by atoms with Crippen LogP contribution in [0.5, 0.6) is 5.75 Å². The number of sulfonamides is 1. The van der Waals surface area contributed by atoms with Crippen molar-refractivity contribution in [3.8, 4) is 5.75 Å². The number of nitrogens with one attached hydrogen (secondary N) is 1. The summed E-state index contributed by atoms with van der Waals surface area (Å²) in [6, 6.07) is 11.4. The lowest BCUT2D eigenvalue weighted by molar-refractivity contribution is -0.141. The van der Waals surface area contributed by atoms with E-state index in [4.69, 9.17) is 21.1 Å². The van der Waals surface area contributed by atoms with E-state index in [0.717, 1.165) is 68.7 Å². The Hall–Kier alpha value is -3.08. The van der Waals surface area contributed by atoms with E-state index in [-0.39, 0.29) is 41.1 Å². The number of ether oxygens (including phenoxy) is 2. The van der Waals surface area contributed by atoms with E-state index in [0.29, 0.717) is 31.9 Å². The van der Waals surface area contributed by atoms with Crippen LogP contribution >= 0.6 is 11.6 Å². The number of fused-ring (bicyclic) bond motifs is 4. The lowest BCUT2D eigenvalue weighted by atomic mass is 9.62. The molecule has 1 spiro atoms. The number of halogens is 1. The molecule has 2 aromatic carbocycles. The Morgan fingerprint density at radius 2 is 1.90 bits per heavy atom. The van der Waals surface area contributed by atoms with Crippen molar-refractivity contribution in [3.05, 3.63) is 70.3 Å². The van der Waals surface area contributed by atoms with Gasteiger partial charge in [0.25, 0.3) is 5.91 Å². The smallest absolute Gasteiger partial charge is 0.264 e. The van der Waals surface area contributed by atoms with Crippen LogP contribution in [0.4, 0.5) is 5.69 Å². The normalized spacial score (nSPS) is 32.9. The number of amides is 2. The van der Waals surface area contributed by atoms with E-state index in [9.17, 15) is 18.0 Å². The molecule has 5 aliphatic rings. The van der Waals surface area contributed by atoms with E-state index in [1.165, 1.54) is 11.1 Å². The number of allylic oxidation sites excluding steroid dienone is 1. The van der Waals surface area contributed by atoms with Crippen LogP contribution in [0.25, 0.3) is 0 Å². The maximum absolute atomic E-state index is 13.8. The second kappa shape index (κ2) is 13.8. The predicted octanol–water partition coefficient (Wildman–Crippen LogP) is 6.28. The van der Waals surface area contributed by atoms with Crippen LogP contribution < -0.4 is 14.4 Å². The molecule has 0 radical (unpaired) electrons. The molecule has 2 amide bonds. The molecular formula is C39H50ClN3O6S. The van der Waals surface area contributed by atoms with Gasteiger partial charge < -0.3 is 19.3 Å². The number of benzene rings is 2. The molecule has 7 rings (SSSR count). The Labute approximate surface area is 301 Å². The number of carbonyl (C=O) groups is 2. The van der Waals surface area contributed by atoms with Crippen LogP contribution in [0, 0.1) is 17.8 Å². The summed E-state index contributed by atoms with van der Waals surface area (Å²) in [7, 11) is -2.28. The number of nitrogens with zero attached hydrogens (tertiary/aromatic N) is 2. The van der Waals surface area contributed by atoms with Gasteiger partial charge in [-0.05, 0) is 118 Å². The molecule has 1 saturated carbocycles. The van der Waals surface area contributed by atoms with Crippen LogP contribution in [0.2, 0.25) is 5.02 Å². The summed E-state index contributed by atoms with van der Waals surface area (Å²) < 4.78 is 42.5. The van der Waals surface area contributed by atoms with Crippen molar-refractivity contribution < 1.29 is 27.5 Å². The summed E-state index contributed by atoms with van der Waals surface area (Å²) in [5, 5.41) is -0.105. The summed E-state index contributed by atoms with van der Waals surface area (Å²) in [6.45, 7) is 6.89. The first-order chi connectivity index (χ1) is 23.9. The number of carbonyl (C=O) groups excluding carboxylic acids is 2. The number of methoxy groups -OCH3 is 1. The second-order valence-corrected chi connectivity index (χ2v) is 17.9. The first kappa shape index (κ1) is 35.3. The third-order valence-electron chi connectivity index (χ3n) is 12.5. The molecule has 3 heterocycles. The lowest BCUT2D eigenvalue weighted by Gasteiger charge is -2.50. The van der Waals surface area contributed by atoms with E-state index in [1.807, 2.05) is 24.0 Å². The molecule has 0 aromatic heterocycles. The Balaban J connectivity index is 1.32. The predicted molar refractivity (Wildman–Crippen MR) is 195 cm³/mol. The van der Waals surface area contributed by atoms with Crippen LogP contribution in [-0.2, 0) is 31.4 Å². The zero-order valence-corrected chi connectivity index (χ0v) is 31.0. The monoisotopic (exact) mass is 723 g/mol. The molecule has 2 aromatic rings. The summed E-state index contributed by atoms with van der Waals surface area (Å²) in [6.07, 6.45) is 11.6. The molecule has 270 valence electrons. The highest BCUT2D eigenvalue weighted by Gasteiger charge is 2.50. The number of anilines is 1. The van der Waals surface area contributed by atoms with Crippen molar-refractivity contribution >= 4 is 39.1 Å². The number of aryl methyl sites for hydroxylation is 1. The molecule has 2 bridgehead atoms. The van der Waals surface area contributed by atoms with E-state index in [1.54, 1.807) is 32.2 Å². The van der Waals surface area contributed by atoms with Crippen molar-refractivity contribution in [2.24, 2.45) is 17.8 Å². The van der Waals surface area contributed by atoms with E-state index in [2.05, 4.69) is 27.8 Å². The minimum Gasteiger partial charge on any atom is -0.490 e. The molecule has 2 fully saturated rings. The van der Waals surface area contributed by atoms with Crippen molar-refractivity contribution in [1.29, 1.82) is 0 Å². The van der Waals surface area contributed by atoms with Gasteiger partial charge in [-0.15, -0.1) is 0 Å². The van der Waals surface area contributed by atoms with Gasteiger partial charge in [-0.2, -0.15) is 0 Å². The van der Waals surface area contributed by atoms with E-state index >= 15 is 0 Å². The zero-order chi connectivity index (χ0) is 35.3. The van der Waals surface area contributed by atoms with Crippen LogP contribution in [0.1, 0.15) is 86.7 Å². The highest BCUT2D eigenvalue weighted by molar-refractivity contribution is 7.90. The number of likely N-dealkylation sites (tertiary alicyclic amines) is 1. The van der Waals surface area contributed by atoms with Crippen molar-refractivity contribution in [2.75, 3.05) is 44.8 Å². The van der Waals surface area contributed by atoms with Gasteiger partial charge in [-0.25, -0.2) is 13.1 Å². The fourth-order valence-corrected chi connectivity index (χ4v) is 10.6. The van der Waals surface area contributed by atoms with Crippen LogP contribution in [0.15, 0.2) is 48.6 Å². The average Bonchev–Trinajstić information content (AvgIpc) is 3.58. The van der Waals surface area contributed by atoms with Gasteiger partial charge in [0.15, 0.2) is 0 Å². The van der Waals surface area contributed by atoms with Gasteiger partial charge in [0.05, 0.1) is 29.6 Å². The SMILES string of the molecule is CO[C@@]1(CC(=O)N2CCCC2)/C=C\C[C@H](C)[C@@H](C)S(=O)(=O)NC(=O)c2ccc3c(c2)N(C[C@@H]2CC[C@H]21)C[C@@]1(CCCc2cc(Cl)ccc21)CO3. The summed E-state index contributed by atoms with van der Waals surface area (Å²) in [5.41, 5.74) is 2.40. The molecule has 3 aliphatic heterocycles. The number of hydrogen-bond acceptors (Lipinski definition) is 7. The number of hydrogen-bond donors (Lipinski definition) is 1. The second-order valence-electron chi connectivity index (χ2n) is 15.5. The van der Waals surface area contributed by atoms with E-state index < -0.39 is 26.8 Å². The Morgan fingerprint density at radius 1 is 1.10 bits per heavy atom. The Morgan fingerprint density at radius 3 is 2.64 bits per heavy atom. The summed E-state index contributed by atoms with van der Waals surface area (Å²) in [5.74, 6) is 0.132. The average molecular weight is 724 g/mol. The zero-order valence-electron chi connectivity index (χ0n) is 29.5. The first-order valence-electron chi connectivity index (χ1n) is 18.3. The highest BCUT2D eigenvalue weighted by atomic mass is 35.5. The van der Waals surface area contributed by atoms with Crippen molar-refractivity contribution in [2.45, 2.75) is 87.9 Å². The van der Waals surface area contributed by atoms with Gasteiger partial charge in [0.1, 0.15) is 5.75 Å². The number of rotatable bonds is 3. The molecule has 2 aliphatic carbocycles. The maximum atomic E-state index is 13.8. The van der Waals surface area contributed by atoms with Gasteiger partial charge in [-0.3, -0.25) is 9.59 Å². The lowest BCUT2D eigenvalue weighted by Crippen LogP contribution is -2.54. The highest BCUT2D eigenvalue weighted by Crippen LogP contribution is 2.50. The Kier molecular flexibility index (Phi) is 9.76. The van der Waals surface area contributed by atoms with Gasteiger partial charge in [0.2, 0.25) is 15.9 Å². The van der Waals surface area contributed by atoms with Gasteiger partial charge in [0, 0.05) is 49.3 Å². The molecule has 6 atom stereocenters. The quantitative estimate of drug-likeness (QED) is 0.372. The summed E-state index contributed by atoms with van der Waals surface area (Å²) >= 11 is 6.47. The minimum atomic E-state index is -3.99. The van der Waals surface area contributed by atoms with Gasteiger partial charge >= 0.3 is 0 Å². The molecule has 11 heteroatoms. The third-order valence-corrected chi connectivity index (χ3v) is 14.6. The molecule has 50 heavy (non-hydrogen) atoms. The van der Waals surface area contributed by atoms with Crippen molar-refractivity contribution in [3.63, 3.8) is 0 Å². The fraction of sp³-hybridized carbons (Fsp3) is 0.590. The molecule has 1 saturated heterocycles. The topological polar surface area (TPSA) is 105 Å². The largest absolute Gasteiger partial charge is 0.490 e. The third kappa shape index (κ3) is 6.56. The molecule has 1 N–H and O–H groups in total. The molecular weight excluding hydrogens is 674 g/mol. The fourth-order valence-electron chi connectivity index (χ4n) is 9.15. The van der Waals surface area contributed by atoms with Gasteiger partial charge in [-0.1, -0.05) is 36.7 Å². The van der Waals surface area contributed by atoms with Crippen LogP contribution in [0.3, 0.4) is 0 Å². The molecule has 0 unspecified atom stereocenters. The van der Waals surface area contributed by atoms with Crippen molar-refractivity contribution in [1.82, 2.24) is 9.62 Å². The van der Waals surface area contributed by atoms with Crippen LogP contribution in [-0.4, -0.2) is 75.9 Å². The minimum absolute atomic E-state index is 0.0761. The standard InChI is InChI=1S/C39H50ClN3O6S/c1-26-8-6-17-39(48-3,22-36(44)42-18-4-5-19-42)33-13-10-30(33)23-43-24-38(16-7-9-28-20-31(40)12-14-32(28)38)25-49-35-15-11-29(21-34(35)43)37(45)41-50(46,47)27(26)2/h6,11-12,14-15,17,20-21,26-27,30,33H,4-5,7-10,13,16,18-19,22-25H2,1-3H3,(H,41,45)/b17-6-/t26-,27+,30-,33+,38-,39+/m0/s1. The maximum Gasteiger partial charge on any atom is 0.264 e.